The van der Waals surface area contributed by atoms with Crippen molar-refractivity contribution in [2.75, 3.05) is 13.2 Å². The highest BCUT2D eigenvalue weighted by molar-refractivity contribution is 6.01. The zero-order chi connectivity index (χ0) is 22.4. The van der Waals surface area contributed by atoms with Crippen LogP contribution in [0.4, 0.5) is 0 Å². The first-order chi connectivity index (χ1) is 15.1. The van der Waals surface area contributed by atoms with Gasteiger partial charge < -0.3 is 4.74 Å². The molecule has 1 aromatic rings. The maximum atomic E-state index is 13.2. The molecule has 2 rings (SSSR count). The van der Waals surface area contributed by atoms with Crippen LogP contribution in [0, 0.1) is 0 Å². The molecule has 0 N–H and O–H groups in total. The zero-order valence-electron chi connectivity index (χ0n) is 20.3. The van der Waals surface area contributed by atoms with E-state index in [9.17, 15) is 4.79 Å². The highest BCUT2D eigenvalue weighted by Crippen LogP contribution is 2.27. The van der Waals surface area contributed by atoms with E-state index in [4.69, 9.17) is 4.74 Å². The number of unbranched alkanes of at least 4 members (excludes halogenated alkanes) is 11. The molecule has 0 bridgehead atoms. The minimum absolute atomic E-state index is 0.161. The van der Waals surface area contributed by atoms with Crippen LogP contribution in [0.25, 0.3) is 0 Å². The summed E-state index contributed by atoms with van der Waals surface area (Å²) in [6.45, 7) is 7.86. The molecule has 0 aliphatic carbocycles. The fourth-order valence-electron chi connectivity index (χ4n) is 4.48. The topological polar surface area (TPSA) is 29.5 Å². The van der Waals surface area contributed by atoms with Crippen LogP contribution in [0.3, 0.4) is 0 Å². The molecule has 1 saturated heterocycles. The minimum Gasteiger partial charge on any atom is -0.360 e. The Hall–Kier alpha value is -1.45. The van der Waals surface area contributed by atoms with E-state index in [0.29, 0.717) is 6.61 Å². The van der Waals surface area contributed by atoms with Crippen molar-refractivity contribution in [3.63, 3.8) is 0 Å². The number of hydrogen-bond acceptors (Lipinski definition) is 3. The predicted molar refractivity (Wildman–Crippen MR) is 132 cm³/mol. The largest absolute Gasteiger partial charge is 0.360 e. The lowest BCUT2D eigenvalue weighted by molar-refractivity contribution is -0.0563. The van der Waals surface area contributed by atoms with Crippen molar-refractivity contribution in [2.24, 2.45) is 0 Å². The molecule has 0 aromatic heterocycles. The summed E-state index contributed by atoms with van der Waals surface area (Å²) in [5.41, 5.74) is 0.366. The van der Waals surface area contributed by atoms with Gasteiger partial charge in [-0.05, 0) is 26.7 Å². The van der Waals surface area contributed by atoms with Gasteiger partial charge in [-0.2, -0.15) is 0 Å². The van der Waals surface area contributed by atoms with Crippen LogP contribution in [0.5, 0.6) is 0 Å². The van der Waals surface area contributed by atoms with Crippen molar-refractivity contribution in [3.05, 3.63) is 48.0 Å². The van der Waals surface area contributed by atoms with Gasteiger partial charge in [0.15, 0.2) is 5.78 Å². The Labute approximate surface area is 191 Å². The standard InChI is InChI=1S/C28H45NO2/c1-4-5-6-7-8-9-10-11-12-13-14-15-19-22-26(29-23-24-31-28(29,2)3)27(30)25-20-17-16-18-21-25/h16-22,26H,4-15,23-24H2,1-3H3. The summed E-state index contributed by atoms with van der Waals surface area (Å²) in [7, 11) is 0. The molecule has 1 aliphatic rings. The smallest absolute Gasteiger partial charge is 0.183 e. The monoisotopic (exact) mass is 427 g/mol. The molecule has 0 spiro atoms. The third-order valence-electron chi connectivity index (χ3n) is 6.43. The summed E-state index contributed by atoms with van der Waals surface area (Å²) in [6, 6.07) is 9.40. The maximum Gasteiger partial charge on any atom is 0.183 e. The quantitative estimate of drug-likeness (QED) is 0.155. The Balaban J connectivity index is 1.72. The van der Waals surface area contributed by atoms with Gasteiger partial charge in [-0.25, -0.2) is 0 Å². The number of carbonyl (C=O) groups is 1. The average Bonchev–Trinajstić information content (AvgIpc) is 3.13. The van der Waals surface area contributed by atoms with Crippen LogP contribution in [0.1, 0.15) is 108 Å². The van der Waals surface area contributed by atoms with Gasteiger partial charge >= 0.3 is 0 Å². The van der Waals surface area contributed by atoms with Crippen molar-refractivity contribution in [3.8, 4) is 0 Å². The number of hydrogen-bond donors (Lipinski definition) is 0. The van der Waals surface area contributed by atoms with Crippen molar-refractivity contribution in [1.29, 1.82) is 0 Å². The molecular weight excluding hydrogens is 382 g/mol. The molecule has 0 radical (unpaired) electrons. The number of rotatable bonds is 16. The fraction of sp³-hybridized carbons (Fsp3) is 0.679. The molecular formula is C28H45NO2. The van der Waals surface area contributed by atoms with Crippen molar-refractivity contribution in [2.45, 2.75) is 110 Å². The van der Waals surface area contributed by atoms with E-state index in [1.807, 2.05) is 30.3 Å². The second kappa shape index (κ2) is 14.6. The third kappa shape index (κ3) is 9.29. The summed E-state index contributed by atoms with van der Waals surface area (Å²) < 4.78 is 5.88. The molecule has 1 fully saturated rings. The van der Waals surface area contributed by atoms with Crippen LogP contribution in [-0.2, 0) is 4.74 Å². The van der Waals surface area contributed by atoms with Gasteiger partial charge in [-0.15, -0.1) is 0 Å². The van der Waals surface area contributed by atoms with Crippen molar-refractivity contribution >= 4 is 5.78 Å². The van der Waals surface area contributed by atoms with E-state index >= 15 is 0 Å². The van der Waals surface area contributed by atoms with Crippen LogP contribution in [0.15, 0.2) is 42.5 Å². The molecule has 1 heterocycles. The predicted octanol–water partition coefficient (Wildman–Crippen LogP) is 7.56. The van der Waals surface area contributed by atoms with Crippen LogP contribution in [-0.4, -0.2) is 35.6 Å². The summed E-state index contributed by atoms with van der Waals surface area (Å²) >= 11 is 0. The molecule has 1 aliphatic heterocycles. The molecule has 1 unspecified atom stereocenters. The lowest BCUT2D eigenvalue weighted by Crippen LogP contribution is -2.49. The highest BCUT2D eigenvalue weighted by Gasteiger charge is 2.39. The molecule has 1 aromatic carbocycles. The van der Waals surface area contributed by atoms with E-state index in [0.717, 1.165) is 18.5 Å². The number of ketones is 1. The van der Waals surface area contributed by atoms with E-state index in [1.165, 1.54) is 70.6 Å². The molecule has 3 heteroatoms. The Morgan fingerprint density at radius 3 is 2.10 bits per heavy atom. The number of Topliss-reactive ketones (excluding diaryl/α,β-unsaturated/α-hetero) is 1. The van der Waals surface area contributed by atoms with Crippen LogP contribution in [0.2, 0.25) is 0 Å². The Morgan fingerprint density at radius 2 is 1.55 bits per heavy atom. The lowest BCUT2D eigenvalue weighted by Gasteiger charge is -2.34. The summed E-state index contributed by atoms with van der Waals surface area (Å²) in [5, 5.41) is 0. The Bertz CT molecular complexity index is 638. The van der Waals surface area contributed by atoms with Gasteiger partial charge in [0.25, 0.3) is 0 Å². The first-order valence-electron chi connectivity index (χ1n) is 12.7. The third-order valence-corrected chi connectivity index (χ3v) is 6.43. The SMILES string of the molecule is CCCCCCCCCCCCCC=CC(C(=O)c1ccccc1)N1CCOC1(C)C. The Morgan fingerprint density at radius 1 is 0.968 bits per heavy atom. The van der Waals surface area contributed by atoms with Crippen molar-refractivity contribution < 1.29 is 9.53 Å². The molecule has 3 nitrogen and oxygen atoms in total. The molecule has 1 atom stereocenters. The molecule has 0 saturated carbocycles. The van der Waals surface area contributed by atoms with Gasteiger partial charge in [0.1, 0.15) is 5.72 Å². The van der Waals surface area contributed by atoms with Gasteiger partial charge in [-0.3, -0.25) is 9.69 Å². The second-order valence-corrected chi connectivity index (χ2v) is 9.42. The lowest BCUT2D eigenvalue weighted by atomic mass is 10.00. The van der Waals surface area contributed by atoms with Crippen LogP contribution < -0.4 is 0 Å². The first-order valence-corrected chi connectivity index (χ1v) is 12.7. The van der Waals surface area contributed by atoms with Crippen LogP contribution >= 0.6 is 0 Å². The number of nitrogens with zero attached hydrogens (tertiary/aromatic N) is 1. The minimum atomic E-state index is -0.407. The first kappa shape index (κ1) is 25.8. The molecule has 0 amide bonds. The average molecular weight is 428 g/mol. The zero-order valence-corrected chi connectivity index (χ0v) is 20.3. The van der Waals surface area contributed by atoms with E-state index in [-0.39, 0.29) is 11.8 Å². The van der Waals surface area contributed by atoms with E-state index < -0.39 is 5.72 Å². The summed E-state index contributed by atoms with van der Waals surface area (Å²) in [4.78, 5) is 15.4. The maximum absolute atomic E-state index is 13.2. The fourth-order valence-corrected chi connectivity index (χ4v) is 4.48. The number of ether oxygens (including phenoxy) is 1. The van der Waals surface area contributed by atoms with Crippen molar-refractivity contribution in [1.82, 2.24) is 4.90 Å². The highest BCUT2D eigenvalue weighted by atomic mass is 16.5. The summed E-state index contributed by atoms with van der Waals surface area (Å²) in [5.74, 6) is 0.161. The van der Waals surface area contributed by atoms with Gasteiger partial charge in [0.05, 0.1) is 12.6 Å². The molecule has 174 valence electrons. The summed E-state index contributed by atoms with van der Waals surface area (Å²) in [6.07, 6.45) is 20.3. The number of benzene rings is 1. The van der Waals surface area contributed by atoms with Gasteiger partial charge in [0, 0.05) is 12.1 Å². The number of allylic oxidation sites excluding steroid dienone is 1. The van der Waals surface area contributed by atoms with Gasteiger partial charge in [0.2, 0.25) is 0 Å². The second-order valence-electron chi connectivity index (χ2n) is 9.42. The van der Waals surface area contributed by atoms with E-state index in [2.05, 4.69) is 37.8 Å². The molecule has 31 heavy (non-hydrogen) atoms. The Kier molecular flexibility index (Phi) is 12.1. The number of carbonyl (C=O) groups excluding carboxylic acids is 1. The normalized spacial score (nSPS) is 17.4. The van der Waals surface area contributed by atoms with E-state index in [1.54, 1.807) is 0 Å². The van der Waals surface area contributed by atoms with Gasteiger partial charge in [-0.1, -0.05) is 114 Å².